The molecule has 7 heteroatoms. The third-order valence-electron chi connectivity index (χ3n) is 2.68. The molecule has 2 N–H and O–H groups in total. The number of benzene rings is 1. The molecule has 6 nitrogen and oxygen atoms in total. The number of nitrogens with zero attached hydrogens (tertiary/aromatic N) is 2. The van der Waals surface area contributed by atoms with Crippen LogP contribution in [0.5, 0.6) is 11.5 Å². The highest BCUT2D eigenvalue weighted by Crippen LogP contribution is 2.28. The number of hydrogen-bond acceptors (Lipinski definition) is 6. The van der Waals surface area contributed by atoms with Crippen LogP contribution >= 0.6 is 12.4 Å². The molecule has 2 aromatic rings. The Balaban J connectivity index is 0.00000200. The van der Waals surface area contributed by atoms with Gasteiger partial charge in [-0.25, -0.2) is 0 Å². The minimum atomic E-state index is 0. The summed E-state index contributed by atoms with van der Waals surface area (Å²) in [6, 6.07) is 5.70. The molecule has 0 amide bonds. The van der Waals surface area contributed by atoms with E-state index in [9.17, 15) is 0 Å². The summed E-state index contributed by atoms with van der Waals surface area (Å²) < 4.78 is 15.5. The van der Waals surface area contributed by atoms with Crippen LogP contribution in [0.2, 0.25) is 0 Å². The maximum absolute atomic E-state index is 5.43. The molecule has 1 aromatic heterocycles. The van der Waals surface area contributed by atoms with Gasteiger partial charge in [0, 0.05) is 19.4 Å². The largest absolute Gasteiger partial charge is 0.493 e. The highest BCUT2D eigenvalue weighted by molar-refractivity contribution is 5.85. The molecule has 0 aliphatic heterocycles. The molecule has 0 fully saturated rings. The van der Waals surface area contributed by atoms with Crippen LogP contribution < -0.4 is 15.2 Å². The van der Waals surface area contributed by atoms with Gasteiger partial charge in [-0.2, -0.15) is 4.98 Å². The predicted molar refractivity (Wildman–Crippen MR) is 76.7 cm³/mol. The van der Waals surface area contributed by atoms with Gasteiger partial charge in [-0.1, -0.05) is 11.2 Å². The van der Waals surface area contributed by atoms with Gasteiger partial charge in [0.2, 0.25) is 5.89 Å². The first kappa shape index (κ1) is 16.3. The lowest BCUT2D eigenvalue weighted by Crippen LogP contribution is -2.03. The predicted octanol–water partition coefficient (Wildman–Crippen LogP) is 1.60. The van der Waals surface area contributed by atoms with E-state index in [-0.39, 0.29) is 12.4 Å². The van der Waals surface area contributed by atoms with Crippen molar-refractivity contribution in [2.45, 2.75) is 12.8 Å². The molecule has 0 atom stereocenters. The maximum Gasteiger partial charge on any atom is 0.227 e. The van der Waals surface area contributed by atoms with Crippen molar-refractivity contribution in [2.75, 3.05) is 20.8 Å². The SMILES string of the molecule is COc1ccc(Cc2noc(CCN)n2)cc1OC.Cl. The van der Waals surface area contributed by atoms with Crippen LogP contribution in [-0.2, 0) is 12.8 Å². The molecule has 0 aliphatic carbocycles. The van der Waals surface area contributed by atoms with Crippen LogP contribution in [0, 0.1) is 0 Å². The van der Waals surface area contributed by atoms with E-state index in [0.717, 1.165) is 5.56 Å². The molecule has 1 aromatic carbocycles. The summed E-state index contributed by atoms with van der Waals surface area (Å²) in [5, 5.41) is 3.91. The quantitative estimate of drug-likeness (QED) is 0.872. The van der Waals surface area contributed by atoms with E-state index in [1.807, 2.05) is 18.2 Å². The number of halogens is 1. The molecular weight excluding hydrogens is 282 g/mol. The Labute approximate surface area is 123 Å². The van der Waals surface area contributed by atoms with Crippen molar-refractivity contribution in [3.8, 4) is 11.5 Å². The zero-order chi connectivity index (χ0) is 13.7. The molecule has 0 unspecified atom stereocenters. The van der Waals surface area contributed by atoms with Crippen LogP contribution in [0.1, 0.15) is 17.3 Å². The summed E-state index contributed by atoms with van der Waals surface area (Å²) >= 11 is 0. The Morgan fingerprint density at radius 2 is 1.95 bits per heavy atom. The van der Waals surface area contributed by atoms with Crippen LogP contribution in [0.15, 0.2) is 22.7 Å². The molecule has 0 radical (unpaired) electrons. The Hall–Kier alpha value is -1.79. The fraction of sp³-hybridized carbons (Fsp3) is 0.385. The van der Waals surface area contributed by atoms with Gasteiger partial charge in [0.1, 0.15) is 0 Å². The second-order valence-corrected chi connectivity index (χ2v) is 4.01. The summed E-state index contributed by atoms with van der Waals surface area (Å²) in [5.74, 6) is 2.59. The average Bonchev–Trinajstić information content (AvgIpc) is 2.86. The first-order valence-electron chi connectivity index (χ1n) is 5.99. The Morgan fingerprint density at radius 1 is 1.20 bits per heavy atom. The summed E-state index contributed by atoms with van der Waals surface area (Å²) in [7, 11) is 3.21. The normalized spacial score (nSPS) is 9.95. The average molecular weight is 300 g/mol. The maximum atomic E-state index is 5.43. The van der Waals surface area contributed by atoms with E-state index >= 15 is 0 Å². The van der Waals surface area contributed by atoms with Crippen LogP contribution in [-0.4, -0.2) is 30.9 Å². The third-order valence-corrected chi connectivity index (χ3v) is 2.68. The molecule has 0 bridgehead atoms. The van der Waals surface area contributed by atoms with Gasteiger partial charge in [0.25, 0.3) is 0 Å². The molecule has 0 saturated heterocycles. The van der Waals surface area contributed by atoms with Gasteiger partial charge >= 0.3 is 0 Å². The zero-order valence-corrected chi connectivity index (χ0v) is 12.3. The third kappa shape index (κ3) is 3.85. The van der Waals surface area contributed by atoms with Crippen molar-refractivity contribution in [1.82, 2.24) is 10.1 Å². The number of methoxy groups -OCH3 is 2. The minimum Gasteiger partial charge on any atom is -0.493 e. The van der Waals surface area contributed by atoms with Crippen molar-refractivity contribution < 1.29 is 14.0 Å². The number of ether oxygens (including phenoxy) is 2. The molecule has 0 spiro atoms. The topological polar surface area (TPSA) is 83.4 Å². The van der Waals surface area contributed by atoms with E-state index in [1.54, 1.807) is 14.2 Å². The molecule has 0 aliphatic rings. The van der Waals surface area contributed by atoms with Crippen molar-refractivity contribution >= 4 is 12.4 Å². The van der Waals surface area contributed by atoms with E-state index in [2.05, 4.69) is 10.1 Å². The highest BCUT2D eigenvalue weighted by atomic mass is 35.5. The number of nitrogens with two attached hydrogens (primary N) is 1. The van der Waals surface area contributed by atoms with Gasteiger partial charge in [0.05, 0.1) is 14.2 Å². The summed E-state index contributed by atoms with van der Waals surface area (Å²) in [5.41, 5.74) is 6.46. The van der Waals surface area contributed by atoms with Crippen LogP contribution in [0.4, 0.5) is 0 Å². The van der Waals surface area contributed by atoms with Gasteiger partial charge in [-0.05, 0) is 17.7 Å². The molecule has 0 saturated carbocycles. The van der Waals surface area contributed by atoms with Crippen LogP contribution in [0.3, 0.4) is 0 Å². The molecule has 110 valence electrons. The van der Waals surface area contributed by atoms with Crippen molar-refractivity contribution in [3.63, 3.8) is 0 Å². The lowest BCUT2D eigenvalue weighted by Gasteiger charge is -2.08. The fourth-order valence-corrected chi connectivity index (χ4v) is 1.76. The van der Waals surface area contributed by atoms with Gasteiger partial charge < -0.3 is 19.7 Å². The number of aromatic nitrogens is 2. The van der Waals surface area contributed by atoms with E-state index in [1.165, 1.54) is 0 Å². The first-order chi connectivity index (χ1) is 9.26. The summed E-state index contributed by atoms with van der Waals surface area (Å²) in [6.45, 7) is 0.498. The van der Waals surface area contributed by atoms with Crippen molar-refractivity contribution in [2.24, 2.45) is 5.73 Å². The lowest BCUT2D eigenvalue weighted by molar-refractivity contribution is 0.354. The Bertz CT molecular complexity index is 545. The van der Waals surface area contributed by atoms with Crippen molar-refractivity contribution in [1.29, 1.82) is 0 Å². The Kier molecular flexibility index (Phi) is 6.27. The van der Waals surface area contributed by atoms with E-state index in [4.69, 9.17) is 19.7 Å². The molecule has 2 rings (SSSR count). The van der Waals surface area contributed by atoms with Gasteiger partial charge in [-0.3, -0.25) is 0 Å². The zero-order valence-electron chi connectivity index (χ0n) is 11.5. The first-order valence-corrected chi connectivity index (χ1v) is 5.99. The van der Waals surface area contributed by atoms with Crippen molar-refractivity contribution in [3.05, 3.63) is 35.5 Å². The fourth-order valence-electron chi connectivity index (χ4n) is 1.76. The molecule has 20 heavy (non-hydrogen) atoms. The standard InChI is InChI=1S/C13H17N3O3.ClH/c1-17-10-4-3-9(7-11(10)18-2)8-12-15-13(5-6-14)19-16-12;/h3-4,7H,5-6,8,14H2,1-2H3;1H. The monoisotopic (exact) mass is 299 g/mol. The number of hydrogen-bond donors (Lipinski definition) is 1. The smallest absolute Gasteiger partial charge is 0.227 e. The van der Waals surface area contributed by atoms with Crippen LogP contribution in [0.25, 0.3) is 0 Å². The molecule has 1 heterocycles. The van der Waals surface area contributed by atoms with Gasteiger partial charge in [0.15, 0.2) is 17.3 Å². The van der Waals surface area contributed by atoms with E-state index < -0.39 is 0 Å². The number of rotatable bonds is 6. The Morgan fingerprint density at radius 3 is 2.60 bits per heavy atom. The van der Waals surface area contributed by atoms with Gasteiger partial charge in [-0.15, -0.1) is 12.4 Å². The van der Waals surface area contributed by atoms with E-state index in [0.29, 0.717) is 42.6 Å². The highest BCUT2D eigenvalue weighted by Gasteiger charge is 2.09. The molecular formula is C13H18ClN3O3. The summed E-state index contributed by atoms with van der Waals surface area (Å²) in [6.07, 6.45) is 1.17. The second kappa shape index (κ2) is 7.72. The summed E-state index contributed by atoms with van der Waals surface area (Å²) in [4.78, 5) is 4.26. The lowest BCUT2D eigenvalue weighted by atomic mass is 10.1. The second-order valence-electron chi connectivity index (χ2n) is 4.01. The minimum absolute atomic E-state index is 0.